The van der Waals surface area contributed by atoms with Crippen molar-refractivity contribution in [2.75, 3.05) is 45.0 Å². The molecule has 0 aliphatic heterocycles. The van der Waals surface area contributed by atoms with E-state index in [0.29, 0.717) is 27.0 Å². The first kappa shape index (κ1) is 21.7. The van der Waals surface area contributed by atoms with E-state index in [1.54, 1.807) is 36.7 Å². The molecule has 28 heavy (non-hydrogen) atoms. The predicted octanol–water partition coefficient (Wildman–Crippen LogP) is 2.71. The first-order valence-electron chi connectivity index (χ1n) is 8.11. The summed E-state index contributed by atoms with van der Waals surface area (Å²) < 4.78 is 9.85. The van der Waals surface area contributed by atoms with Crippen LogP contribution in [-0.2, 0) is 14.3 Å². The molecular weight excluding hydrogens is 406 g/mol. The standard InChI is InChI=1S/C18H20ClN3O5S/c1-22(9-15(23)20-12-6-7-28-17(12)18(25)27-3)10-16(24)21-13-8-11(19)4-5-14(13)26-2/h4-8H,9-10H2,1-3H3,(H,20,23)(H,21,24). The smallest absolute Gasteiger partial charge is 0.350 e. The van der Waals surface area contributed by atoms with Crippen molar-refractivity contribution in [3.05, 3.63) is 39.5 Å². The number of halogens is 1. The molecule has 0 atom stereocenters. The lowest BCUT2D eigenvalue weighted by Crippen LogP contribution is -2.36. The van der Waals surface area contributed by atoms with E-state index >= 15 is 0 Å². The molecule has 2 amide bonds. The Kier molecular flexibility index (Phi) is 7.80. The van der Waals surface area contributed by atoms with Crippen molar-refractivity contribution in [3.63, 3.8) is 0 Å². The Labute approximate surface area is 171 Å². The summed E-state index contributed by atoms with van der Waals surface area (Å²) in [4.78, 5) is 37.9. The first-order chi connectivity index (χ1) is 13.3. The van der Waals surface area contributed by atoms with Gasteiger partial charge in [0.15, 0.2) is 0 Å². The molecule has 0 saturated carbocycles. The summed E-state index contributed by atoms with van der Waals surface area (Å²) in [5.41, 5.74) is 0.821. The number of likely N-dealkylation sites (N-methyl/N-ethyl adjacent to an activating group) is 1. The average molecular weight is 426 g/mol. The maximum absolute atomic E-state index is 12.2. The summed E-state index contributed by atoms with van der Waals surface area (Å²) in [6.07, 6.45) is 0. The van der Waals surface area contributed by atoms with Gasteiger partial charge in [0.1, 0.15) is 10.6 Å². The van der Waals surface area contributed by atoms with Gasteiger partial charge in [-0.3, -0.25) is 14.5 Å². The van der Waals surface area contributed by atoms with E-state index < -0.39 is 5.97 Å². The fraction of sp³-hybridized carbons (Fsp3) is 0.278. The van der Waals surface area contributed by atoms with Crippen LogP contribution in [0, 0.1) is 0 Å². The number of methoxy groups -OCH3 is 2. The lowest BCUT2D eigenvalue weighted by molar-refractivity contribution is -0.119. The van der Waals surface area contributed by atoms with Crippen LogP contribution in [0.25, 0.3) is 0 Å². The van der Waals surface area contributed by atoms with Crippen LogP contribution in [0.5, 0.6) is 5.75 Å². The Morgan fingerprint density at radius 2 is 1.71 bits per heavy atom. The number of anilines is 2. The molecule has 0 bridgehead atoms. The van der Waals surface area contributed by atoms with Crippen LogP contribution in [0.2, 0.25) is 5.02 Å². The minimum absolute atomic E-state index is 0.0312. The summed E-state index contributed by atoms with van der Waals surface area (Å²) in [6, 6.07) is 6.50. The second-order valence-corrected chi connectivity index (χ2v) is 7.12. The zero-order chi connectivity index (χ0) is 20.7. The molecule has 2 rings (SSSR count). The average Bonchev–Trinajstić information content (AvgIpc) is 3.08. The highest BCUT2D eigenvalue weighted by molar-refractivity contribution is 7.12. The normalized spacial score (nSPS) is 10.5. The van der Waals surface area contributed by atoms with Gasteiger partial charge in [-0.15, -0.1) is 11.3 Å². The fourth-order valence-corrected chi connectivity index (χ4v) is 3.30. The zero-order valence-electron chi connectivity index (χ0n) is 15.6. The van der Waals surface area contributed by atoms with Crippen LogP contribution in [0.1, 0.15) is 9.67 Å². The van der Waals surface area contributed by atoms with E-state index in [4.69, 9.17) is 16.3 Å². The number of benzene rings is 1. The van der Waals surface area contributed by atoms with Gasteiger partial charge >= 0.3 is 5.97 Å². The van der Waals surface area contributed by atoms with Crippen molar-refractivity contribution in [2.24, 2.45) is 0 Å². The summed E-state index contributed by atoms with van der Waals surface area (Å²) >= 11 is 7.11. The Balaban J connectivity index is 1.90. The lowest BCUT2D eigenvalue weighted by atomic mass is 10.3. The lowest BCUT2D eigenvalue weighted by Gasteiger charge is -2.17. The molecular formula is C18H20ClN3O5S. The zero-order valence-corrected chi connectivity index (χ0v) is 17.1. The molecule has 1 aromatic carbocycles. The highest BCUT2D eigenvalue weighted by atomic mass is 35.5. The molecule has 150 valence electrons. The Morgan fingerprint density at radius 3 is 2.32 bits per heavy atom. The molecule has 1 heterocycles. The minimum atomic E-state index is -0.520. The monoisotopic (exact) mass is 425 g/mol. The van der Waals surface area contributed by atoms with Gasteiger partial charge in [-0.25, -0.2) is 4.79 Å². The Morgan fingerprint density at radius 1 is 1.07 bits per heavy atom. The molecule has 0 spiro atoms. The van der Waals surface area contributed by atoms with E-state index in [2.05, 4.69) is 15.4 Å². The number of amides is 2. The van der Waals surface area contributed by atoms with E-state index in [1.165, 1.54) is 30.5 Å². The van der Waals surface area contributed by atoms with Gasteiger partial charge < -0.3 is 20.1 Å². The van der Waals surface area contributed by atoms with E-state index in [1.807, 2.05) is 0 Å². The largest absolute Gasteiger partial charge is 0.495 e. The third-order valence-electron chi connectivity index (χ3n) is 3.57. The van der Waals surface area contributed by atoms with Crippen LogP contribution in [0.3, 0.4) is 0 Å². The third kappa shape index (κ3) is 5.95. The van der Waals surface area contributed by atoms with Crippen molar-refractivity contribution in [2.45, 2.75) is 0 Å². The van der Waals surface area contributed by atoms with Gasteiger partial charge in [0.05, 0.1) is 38.7 Å². The van der Waals surface area contributed by atoms with E-state index in [9.17, 15) is 14.4 Å². The molecule has 0 radical (unpaired) electrons. The number of esters is 1. The molecule has 2 aromatic rings. The van der Waals surface area contributed by atoms with Gasteiger partial charge in [0, 0.05) is 5.02 Å². The SMILES string of the molecule is COC(=O)c1sccc1NC(=O)CN(C)CC(=O)Nc1cc(Cl)ccc1OC. The van der Waals surface area contributed by atoms with Crippen LogP contribution in [-0.4, -0.2) is 57.0 Å². The summed E-state index contributed by atoms with van der Waals surface area (Å²) in [7, 11) is 4.39. The number of nitrogens with one attached hydrogen (secondary N) is 2. The maximum Gasteiger partial charge on any atom is 0.350 e. The van der Waals surface area contributed by atoms with Gasteiger partial charge in [0.25, 0.3) is 0 Å². The van der Waals surface area contributed by atoms with Crippen molar-refractivity contribution in [1.29, 1.82) is 0 Å². The summed E-state index contributed by atoms with van der Waals surface area (Å²) in [5, 5.41) is 7.48. The molecule has 2 N–H and O–H groups in total. The number of carbonyl (C=O) groups is 3. The second kappa shape index (κ2) is 10.1. The molecule has 0 saturated heterocycles. The molecule has 1 aromatic heterocycles. The quantitative estimate of drug-likeness (QED) is 0.631. The Hall–Kier alpha value is -2.62. The molecule has 0 aliphatic rings. The van der Waals surface area contributed by atoms with Crippen molar-refractivity contribution < 1.29 is 23.9 Å². The van der Waals surface area contributed by atoms with Crippen molar-refractivity contribution in [3.8, 4) is 5.75 Å². The van der Waals surface area contributed by atoms with E-state index in [-0.39, 0.29) is 24.9 Å². The number of ether oxygens (including phenoxy) is 2. The Bertz CT molecular complexity index is 871. The van der Waals surface area contributed by atoms with Gasteiger partial charge in [0.2, 0.25) is 11.8 Å². The molecule has 0 fully saturated rings. The first-order valence-corrected chi connectivity index (χ1v) is 9.37. The third-order valence-corrected chi connectivity index (χ3v) is 4.70. The second-order valence-electron chi connectivity index (χ2n) is 5.77. The van der Waals surface area contributed by atoms with Gasteiger partial charge in [-0.1, -0.05) is 11.6 Å². The number of carbonyl (C=O) groups excluding carboxylic acids is 3. The molecule has 10 heteroatoms. The van der Waals surface area contributed by atoms with Crippen LogP contribution in [0.4, 0.5) is 11.4 Å². The molecule has 0 unspecified atom stereocenters. The van der Waals surface area contributed by atoms with Crippen molar-refractivity contribution in [1.82, 2.24) is 4.90 Å². The number of nitrogens with zero attached hydrogens (tertiary/aromatic N) is 1. The van der Waals surface area contributed by atoms with Crippen LogP contribution in [0.15, 0.2) is 29.6 Å². The minimum Gasteiger partial charge on any atom is -0.495 e. The fourth-order valence-electron chi connectivity index (χ4n) is 2.36. The topological polar surface area (TPSA) is 97.0 Å². The number of hydrogen-bond donors (Lipinski definition) is 2. The van der Waals surface area contributed by atoms with Crippen LogP contribution >= 0.6 is 22.9 Å². The number of hydrogen-bond acceptors (Lipinski definition) is 7. The number of thiophene rings is 1. The van der Waals surface area contributed by atoms with Crippen molar-refractivity contribution >= 4 is 52.1 Å². The highest BCUT2D eigenvalue weighted by Crippen LogP contribution is 2.27. The predicted molar refractivity (Wildman–Crippen MR) is 108 cm³/mol. The van der Waals surface area contributed by atoms with E-state index in [0.717, 1.165) is 0 Å². The highest BCUT2D eigenvalue weighted by Gasteiger charge is 2.17. The summed E-state index contributed by atoms with van der Waals surface area (Å²) in [6.45, 7) is -0.0762. The number of rotatable bonds is 8. The van der Waals surface area contributed by atoms with Crippen LogP contribution < -0.4 is 15.4 Å². The molecule has 0 aliphatic carbocycles. The van der Waals surface area contributed by atoms with Gasteiger partial charge in [-0.2, -0.15) is 0 Å². The molecule has 8 nitrogen and oxygen atoms in total. The maximum atomic E-state index is 12.2. The summed E-state index contributed by atoms with van der Waals surface area (Å²) in [5.74, 6) is -0.736. The van der Waals surface area contributed by atoms with Gasteiger partial charge in [-0.05, 0) is 36.7 Å².